The number of rotatable bonds is 2. The highest BCUT2D eigenvalue weighted by molar-refractivity contribution is 6.00. The molecule has 0 atom stereocenters. The molecule has 1 aliphatic heterocycles. The van der Waals surface area contributed by atoms with Gasteiger partial charge in [0.25, 0.3) is 5.91 Å². The third-order valence-corrected chi connectivity index (χ3v) is 5.16. The first-order valence-electron chi connectivity index (χ1n) is 9.11. The molecule has 2 aromatic carbocycles. The van der Waals surface area contributed by atoms with Crippen molar-refractivity contribution in [3.8, 4) is 11.1 Å². The van der Waals surface area contributed by atoms with Crippen molar-refractivity contribution in [1.29, 1.82) is 0 Å². The highest BCUT2D eigenvalue weighted by Gasteiger charge is 2.40. The van der Waals surface area contributed by atoms with Crippen LogP contribution in [0.1, 0.15) is 24.2 Å². The molecule has 0 saturated carbocycles. The molecule has 0 aliphatic carbocycles. The number of carbonyl (C=O) groups excluding carboxylic acids is 2. The molecule has 142 valence electrons. The van der Waals surface area contributed by atoms with Crippen molar-refractivity contribution in [3.63, 3.8) is 0 Å². The summed E-state index contributed by atoms with van der Waals surface area (Å²) in [7, 11) is 0. The number of fused-ring (bicyclic) bond motifs is 1. The summed E-state index contributed by atoms with van der Waals surface area (Å²) in [4.78, 5) is 39.3. The van der Waals surface area contributed by atoms with Crippen LogP contribution in [0.4, 0.5) is 0 Å². The van der Waals surface area contributed by atoms with E-state index in [-0.39, 0.29) is 11.8 Å². The van der Waals surface area contributed by atoms with Crippen LogP contribution in [-0.4, -0.2) is 35.3 Å². The van der Waals surface area contributed by atoms with Crippen molar-refractivity contribution in [3.05, 3.63) is 70.6 Å². The van der Waals surface area contributed by atoms with Gasteiger partial charge in [0.15, 0.2) is 0 Å². The van der Waals surface area contributed by atoms with Crippen molar-refractivity contribution >= 4 is 22.8 Å². The molecule has 1 aromatic heterocycles. The average Bonchev–Trinajstić information content (AvgIpc) is 2.69. The lowest BCUT2D eigenvalue weighted by Crippen LogP contribution is -2.63. The van der Waals surface area contributed by atoms with E-state index < -0.39 is 11.2 Å². The minimum atomic E-state index is -0.937. The van der Waals surface area contributed by atoms with Crippen LogP contribution in [0.3, 0.4) is 0 Å². The van der Waals surface area contributed by atoms with Gasteiger partial charge in [0.2, 0.25) is 5.91 Å². The molecule has 0 radical (unpaired) electrons. The van der Waals surface area contributed by atoms with Gasteiger partial charge in [-0.3, -0.25) is 9.59 Å². The summed E-state index contributed by atoms with van der Waals surface area (Å²) in [5, 5.41) is 3.59. The normalized spacial score (nSPS) is 16.1. The minimum absolute atomic E-state index is 0.182. The molecule has 6 heteroatoms. The Morgan fingerprint density at radius 3 is 2.68 bits per heavy atom. The van der Waals surface area contributed by atoms with Gasteiger partial charge in [0.1, 0.15) is 11.1 Å². The van der Waals surface area contributed by atoms with Gasteiger partial charge >= 0.3 is 5.63 Å². The second-order valence-electron chi connectivity index (χ2n) is 7.34. The molecule has 6 nitrogen and oxygen atoms in total. The highest BCUT2D eigenvalue weighted by atomic mass is 16.4. The lowest BCUT2D eigenvalue weighted by atomic mass is 9.96. The largest absolute Gasteiger partial charge is 0.422 e. The maximum atomic E-state index is 13.1. The number of piperazine rings is 1. The Hall–Kier alpha value is -3.41. The lowest BCUT2D eigenvalue weighted by molar-refractivity contribution is -0.133. The number of nitrogens with zero attached hydrogens (tertiary/aromatic N) is 1. The van der Waals surface area contributed by atoms with E-state index in [1.165, 1.54) is 0 Å². The van der Waals surface area contributed by atoms with E-state index in [0.717, 1.165) is 5.39 Å². The number of amides is 2. The molecule has 2 heterocycles. The monoisotopic (exact) mass is 376 g/mol. The van der Waals surface area contributed by atoms with Gasteiger partial charge in [0.05, 0.1) is 5.56 Å². The number of hydrogen-bond acceptors (Lipinski definition) is 4. The number of carbonyl (C=O) groups is 2. The van der Waals surface area contributed by atoms with Gasteiger partial charge in [-0.25, -0.2) is 4.79 Å². The molecule has 0 bridgehead atoms. The molecular formula is C22H20N2O4. The van der Waals surface area contributed by atoms with Crippen molar-refractivity contribution in [2.45, 2.75) is 19.4 Å². The van der Waals surface area contributed by atoms with E-state index in [4.69, 9.17) is 4.42 Å². The topological polar surface area (TPSA) is 79.6 Å². The van der Waals surface area contributed by atoms with Crippen LogP contribution >= 0.6 is 0 Å². The SMILES string of the molecule is CC1(C)C(=O)NCCN1C(=O)c1cccc(-c2cc3ccccc3oc2=O)c1. The third kappa shape index (κ3) is 2.97. The third-order valence-electron chi connectivity index (χ3n) is 5.16. The summed E-state index contributed by atoms with van der Waals surface area (Å²) in [6, 6.07) is 15.9. The van der Waals surface area contributed by atoms with Crippen molar-refractivity contribution in [1.82, 2.24) is 10.2 Å². The van der Waals surface area contributed by atoms with E-state index in [1.807, 2.05) is 12.1 Å². The van der Waals surface area contributed by atoms with Crippen LogP contribution in [0.15, 0.2) is 63.8 Å². The van der Waals surface area contributed by atoms with Crippen molar-refractivity contribution in [2.24, 2.45) is 0 Å². The van der Waals surface area contributed by atoms with Crippen LogP contribution in [0, 0.1) is 0 Å². The first-order valence-corrected chi connectivity index (χ1v) is 9.11. The van der Waals surface area contributed by atoms with Crippen LogP contribution in [0.2, 0.25) is 0 Å². The Bertz CT molecular complexity index is 1150. The smallest absolute Gasteiger partial charge is 0.344 e. The van der Waals surface area contributed by atoms with Gasteiger partial charge in [0, 0.05) is 24.0 Å². The highest BCUT2D eigenvalue weighted by Crippen LogP contribution is 2.25. The maximum Gasteiger partial charge on any atom is 0.344 e. The molecule has 28 heavy (non-hydrogen) atoms. The predicted molar refractivity (Wildman–Crippen MR) is 106 cm³/mol. The standard InChI is InChI=1S/C22H20N2O4/c1-22(2)21(27)23-10-11-24(22)19(25)16-8-5-7-14(12-16)17-13-15-6-3-4-9-18(15)28-20(17)26/h3-9,12-13H,10-11H2,1-2H3,(H,23,27). The molecular weight excluding hydrogens is 356 g/mol. The number of nitrogens with one attached hydrogen (secondary N) is 1. The quantitative estimate of drug-likeness (QED) is 0.698. The minimum Gasteiger partial charge on any atom is -0.422 e. The first kappa shape index (κ1) is 18.0. The second kappa shape index (κ2) is 6.64. The number of hydrogen-bond donors (Lipinski definition) is 1. The summed E-state index contributed by atoms with van der Waals surface area (Å²) in [5.74, 6) is -0.426. The molecule has 1 saturated heterocycles. The number of para-hydroxylation sites is 1. The zero-order valence-electron chi connectivity index (χ0n) is 15.7. The molecule has 3 aromatic rings. The fraction of sp³-hybridized carbons (Fsp3) is 0.227. The zero-order chi connectivity index (χ0) is 19.9. The number of benzene rings is 2. The van der Waals surface area contributed by atoms with Gasteiger partial charge in [-0.1, -0.05) is 30.3 Å². The Balaban J connectivity index is 1.74. The van der Waals surface area contributed by atoms with Gasteiger partial charge < -0.3 is 14.6 Å². The summed E-state index contributed by atoms with van der Waals surface area (Å²) in [6.07, 6.45) is 0. The fourth-order valence-corrected chi connectivity index (χ4v) is 3.49. The van der Waals surface area contributed by atoms with E-state index in [2.05, 4.69) is 5.32 Å². The zero-order valence-corrected chi connectivity index (χ0v) is 15.7. The van der Waals surface area contributed by atoms with Gasteiger partial charge in [-0.05, 0) is 43.7 Å². The Morgan fingerprint density at radius 2 is 1.86 bits per heavy atom. The Labute approximate surface area is 161 Å². The Kier molecular flexibility index (Phi) is 4.26. The maximum absolute atomic E-state index is 13.1. The summed E-state index contributed by atoms with van der Waals surface area (Å²) in [6.45, 7) is 4.30. The summed E-state index contributed by atoms with van der Waals surface area (Å²) < 4.78 is 5.41. The van der Waals surface area contributed by atoms with E-state index in [1.54, 1.807) is 61.2 Å². The Morgan fingerprint density at radius 1 is 1.07 bits per heavy atom. The van der Waals surface area contributed by atoms with Crippen molar-refractivity contribution < 1.29 is 14.0 Å². The predicted octanol–water partition coefficient (Wildman–Crippen LogP) is 2.81. The van der Waals surface area contributed by atoms with Crippen LogP contribution < -0.4 is 10.9 Å². The molecule has 1 fully saturated rings. The van der Waals surface area contributed by atoms with Crippen LogP contribution in [0.5, 0.6) is 0 Å². The van der Waals surface area contributed by atoms with E-state index in [9.17, 15) is 14.4 Å². The lowest BCUT2D eigenvalue weighted by Gasteiger charge is -2.41. The molecule has 1 aliphatic rings. The summed E-state index contributed by atoms with van der Waals surface area (Å²) in [5.41, 5.74) is 0.542. The molecule has 4 rings (SSSR count). The molecule has 2 amide bonds. The second-order valence-corrected chi connectivity index (χ2v) is 7.34. The van der Waals surface area contributed by atoms with Crippen LogP contribution in [-0.2, 0) is 4.79 Å². The van der Waals surface area contributed by atoms with Gasteiger partial charge in [-0.15, -0.1) is 0 Å². The average molecular weight is 376 g/mol. The first-order chi connectivity index (χ1) is 13.4. The van der Waals surface area contributed by atoms with E-state index >= 15 is 0 Å². The molecule has 0 spiro atoms. The van der Waals surface area contributed by atoms with Gasteiger partial charge in [-0.2, -0.15) is 0 Å². The fourth-order valence-electron chi connectivity index (χ4n) is 3.49. The molecule has 0 unspecified atom stereocenters. The van der Waals surface area contributed by atoms with Crippen molar-refractivity contribution in [2.75, 3.05) is 13.1 Å². The summed E-state index contributed by atoms with van der Waals surface area (Å²) >= 11 is 0. The van der Waals surface area contributed by atoms with E-state index in [0.29, 0.717) is 35.4 Å². The van der Waals surface area contributed by atoms with Crippen LogP contribution in [0.25, 0.3) is 22.1 Å². The molecule has 1 N–H and O–H groups in total.